The van der Waals surface area contributed by atoms with Gasteiger partial charge in [-0.3, -0.25) is 4.79 Å². The molecule has 1 aromatic carbocycles. The molecule has 3 rings (SSSR count). The Labute approximate surface area is 177 Å². The van der Waals surface area contributed by atoms with E-state index in [1.165, 1.54) is 40.0 Å². The molecule has 0 aliphatic rings. The van der Waals surface area contributed by atoms with Gasteiger partial charge in [0.25, 0.3) is 0 Å². The van der Waals surface area contributed by atoms with E-state index < -0.39 is 0 Å². The number of carbonyl (C=O) groups excluding carboxylic acids is 1. The molecule has 1 atom stereocenters. The molecule has 0 unspecified atom stereocenters. The molecule has 2 N–H and O–H groups in total. The number of thioether (sulfide) groups is 1. The van der Waals surface area contributed by atoms with Crippen molar-refractivity contribution >= 4 is 50.6 Å². The van der Waals surface area contributed by atoms with Gasteiger partial charge >= 0.3 is 0 Å². The Kier molecular flexibility index (Phi) is 7.03. The van der Waals surface area contributed by atoms with Gasteiger partial charge in [-0.1, -0.05) is 54.3 Å². The highest BCUT2D eigenvalue weighted by Crippen LogP contribution is 2.30. The molecule has 1 amide bonds. The van der Waals surface area contributed by atoms with Crippen molar-refractivity contribution in [2.45, 2.75) is 49.7 Å². The molecule has 6 nitrogen and oxygen atoms in total. The van der Waals surface area contributed by atoms with Crippen LogP contribution in [0.3, 0.4) is 0 Å². The highest BCUT2D eigenvalue weighted by atomic mass is 32.2. The first kappa shape index (κ1) is 20.8. The van der Waals surface area contributed by atoms with Crippen LogP contribution in [0.4, 0.5) is 10.3 Å². The van der Waals surface area contributed by atoms with Crippen LogP contribution in [0.25, 0.3) is 11.3 Å². The Morgan fingerprint density at radius 2 is 1.89 bits per heavy atom. The molecule has 3 aromatic rings. The number of carbonyl (C=O) groups is 1. The average molecular weight is 434 g/mol. The Bertz CT molecular complexity index is 920. The number of hydrogen-bond acceptors (Lipinski definition) is 8. The van der Waals surface area contributed by atoms with Crippen LogP contribution in [0.5, 0.6) is 0 Å². The Hall–Kier alpha value is -1.97. The molecule has 0 bridgehead atoms. The van der Waals surface area contributed by atoms with E-state index in [-0.39, 0.29) is 11.2 Å². The van der Waals surface area contributed by atoms with Gasteiger partial charge in [-0.25, -0.2) is 4.98 Å². The molecular weight excluding hydrogens is 410 g/mol. The lowest BCUT2D eigenvalue weighted by Gasteiger charge is -2.08. The molecule has 0 saturated carbocycles. The lowest BCUT2D eigenvalue weighted by molar-refractivity contribution is -0.115. The fourth-order valence-electron chi connectivity index (χ4n) is 2.35. The lowest BCUT2D eigenvalue weighted by Crippen LogP contribution is -2.22. The van der Waals surface area contributed by atoms with E-state index >= 15 is 0 Å². The summed E-state index contributed by atoms with van der Waals surface area (Å²) in [5.74, 6) is -0.0965. The number of thiazole rings is 1. The largest absolute Gasteiger partial charge is 0.358 e. The van der Waals surface area contributed by atoms with Crippen LogP contribution in [0.15, 0.2) is 34.0 Å². The number of rotatable bonds is 8. The van der Waals surface area contributed by atoms with E-state index in [0.717, 1.165) is 27.1 Å². The summed E-state index contributed by atoms with van der Waals surface area (Å²) < 4.78 is 0.765. The number of amides is 1. The highest BCUT2D eigenvalue weighted by molar-refractivity contribution is 8.02. The summed E-state index contributed by atoms with van der Waals surface area (Å²) in [6.45, 7) is 8.08. The molecule has 0 aliphatic heterocycles. The predicted octanol–water partition coefficient (Wildman–Crippen LogP) is 5.16. The Morgan fingerprint density at radius 1 is 1.14 bits per heavy atom. The minimum atomic E-state index is -0.295. The van der Waals surface area contributed by atoms with Crippen molar-refractivity contribution in [3.05, 3.63) is 35.2 Å². The van der Waals surface area contributed by atoms with Crippen molar-refractivity contribution in [3.63, 3.8) is 0 Å². The number of aromatic nitrogens is 3. The van der Waals surface area contributed by atoms with Crippen molar-refractivity contribution in [2.24, 2.45) is 0 Å². The second-order valence-electron chi connectivity index (χ2n) is 6.51. The summed E-state index contributed by atoms with van der Waals surface area (Å²) in [5.41, 5.74) is 3.22. The van der Waals surface area contributed by atoms with Crippen LogP contribution in [0.2, 0.25) is 0 Å². The second kappa shape index (κ2) is 9.49. The fourth-order valence-corrected chi connectivity index (χ4v) is 5.11. The van der Waals surface area contributed by atoms with Gasteiger partial charge in [0.15, 0.2) is 9.47 Å². The van der Waals surface area contributed by atoms with Crippen molar-refractivity contribution in [1.29, 1.82) is 0 Å². The molecule has 0 aliphatic carbocycles. The molecule has 148 valence electrons. The number of hydrogen-bond donors (Lipinski definition) is 2. The van der Waals surface area contributed by atoms with Crippen molar-refractivity contribution in [3.8, 4) is 11.3 Å². The quantitative estimate of drug-likeness (QED) is 0.478. The van der Waals surface area contributed by atoms with Gasteiger partial charge < -0.3 is 10.6 Å². The summed E-state index contributed by atoms with van der Waals surface area (Å²) >= 11 is 4.28. The van der Waals surface area contributed by atoms with E-state index in [1.54, 1.807) is 0 Å². The minimum absolute atomic E-state index is 0.0965. The van der Waals surface area contributed by atoms with Crippen LogP contribution in [-0.4, -0.2) is 32.4 Å². The zero-order chi connectivity index (χ0) is 20.1. The summed E-state index contributed by atoms with van der Waals surface area (Å²) in [6, 6.07) is 8.64. The second-order valence-corrected chi connectivity index (χ2v) is 9.93. The third-order valence-corrected chi connectivity index (χ3v) is 6.65. The van der Waals surface area contributed by atoms with E-state index in [1.807, 2.05) is 26.2 Å². The van der Waals surface area contributed by atoms with E-state index in [2.05, 4.69) is 57.0 Å². The van der Waals surface area contributed by atoms with Gasteiger partial charge in [0, 0.05) is 17.0 Å². The van der Waals surface area contributed by atoms with Crippen LogP contribution < -0.4 is 10.6 Å². The topological polar surface area (TPSA) is 79.8 Å². The predicted molar refractivity (Wildman–Crippen MR) is 120 cm³/mol. The number of nitrogens with zero attached hydrogens (tertiary/aromatic N) is 3. The summed E-state index contributed by atoms with van der Waals surface area (Å²) in [7, 11) is 0. The van der Waals surface area contributed by atoms with Gasteiger partial charge in [0.05, 0.1) is 10.9 Å². The highest BCUT2D eigenvalue weighted by Gasteiger charge is 2.19. The van der Waals surface area contributed by atoms with Gasteiger partial charge in [0.2, 0.25) is 11.0 Å². The maximum Gasteiger partial charge on any atom is 0.239 e. The van der Waals surface area contributed by atoms with E-state index in [4.69, 9.17) is 0 Å². The van der Waals surface area contributed by atoms with Gasteiger partial charge in [-0.15, -0.1) is 21.5 Å². The maximum atomic E-state index is 12.5. The number of anilines is 2. The first-order valence-electron chi connectivity index (χ1n) is 9.07. The van der Waals surface area contributed by atoms with Gasteiger partial charge in [-0.2, -0.15) is 0 Å². The molecule has 2 aromatic heterocycles. The van der Waals surface area contributed by atoms with Crippen LogP contribution in [0, 0.1) is 0 Å². The summed E-state index contributed by atoms with van der Waals surface area (Å²) in [4.78, 5) is 17.1. The Morgan fingerprint density at radius 3 is 2.57 bits per heavy atom. The first-order valence-corrected chi connectivity index (χ1v) is 11.6. The third-order valence-electron chi connectivity index (χ3n) is 3.86. The molecule has 2 heterocycles. The van der Waals surface area contributed by atoms with Crippen molar-refractivity contribution in [2.75, 3.05) is 10.6 Å². The average Bonchev–Trinajstić information content (AvgIpc) is 3.31. The molecule has 0 fully saturated rings. The van der Waals surface area contributed by atoms with Crippen molar-refractivity contribution in [1.82, 2.24) is 15.2 Å². The normalized spacial score (nSPS) is 12.2. The number of aryl methyl sites for hydroxylation is 1. The van der Waals surface area contributed by atoms with Crippen LogP contribution in [-0.2, 0) is 11.2 Å². The molecular formula is C19H23N5OS3. The fraction of sp³-hybridized carbons (Fsp3) is 0.368. The smallest absolute Gasteiger partial charge is 0.239 e. The number of nitrogens with one attached hydrogen (secondary N) is 2. The minimum Gasteiger partial charge on any atom is -0.358 e. The van der Waals surface area contributed by atoms with Gasteiger partial charge in [-0.05, 0) is 32.8 Å². The number of benzene rings is 1. The molecule has 0 saturated heterocycles. The van der Waals surface area contributed by atoms with E-state index in [9.17, 15) is 4.79 Å². The first-order chi connectivity index (χ1) is 13.4. The monoisotopic (exact) mass is 433 g/mol. The van der Waals surface area contributed by atoms with E-state index in [0.29, 0.717) is 11.2 Å². The Balaban J connectivity index is 1.58. The summed E-state index contributed by atoms with van der Waals surface area (Å²) in [5, 5.41) is 17.4. The third kappa shape index (κ3) is 5.52. The standard InChI is InChI=1S/C19H23N5OS3/c1-5-13-6-8-14(9-7-13)15-10-26-17(21-15)22-16(25)12(4)27-19-24-23-18(28-19)20-11(2)3/h6-12H,5H2,1-4H3,(H,20,23)(H,21,22,25)/t12-/m1/s1. The van der Waals surface area contributed by atoms with Crippen LogP contribution >= 0.6 is 34.4 Å². The van der Waals surface area contributed by atoms with Gasteiger partial charge in [0.1, 0.15) is 0 Å². The molecule has 28 heavy (non-hydrogen) atoms. The molecule has 0 radical (unpaired) electrons. The molecule has 9 heteroatoms. The molecule has 0 spiro atoms. The van der Waals surface area contributed by atoms with Crippen molar-refractivity contribution < 1.29 is 4.79 Å². The zero-order valence-corrected chi connectivity index (χ0v) is 18.7. The lowest BCUT2D eigenvalue weighted by atomic mass is 10.1. The SMILES string of the molecule is CCc1ccc(-c2csc(NC(=O)[C@@H](C)Sc3nnc(NC(C)C)s3)n2)cc1. The maximum absolute atomic E-state index is 12.5. The van der Waals surface area contributed by atoms with Crippen LogP contribution in [0.1, 0.15) is 33.3 Å². The summed E-state index contributed by atoms with van der Waals surface area (Å²) in [6.07, 6.45) is 1.01. The zero-order valence-electron chi connectivity index (χ0n) is 16.2.